The Kier molecular flexibility index (Phi) is 3.79. The summed E-state index contributed by atoms with van der Waals surface area (Å²) in [5.41, 5.74) is 3.11. The number of pyridine rings is 1. The molecule has 3 aromatic heterocycles. The fourth-order valence-corrected chi connectivity index (χ4v) is 3.72. The molecule has 4 aromatic rings. The van der Waals surface area contributed by atoms with E-state index >= 15 is 0 Å². The molecule has 2 unspecified atom stereocenters. The summed E-state index contributed by atoms with van der Waals surface area (Å²) in [6, 6.07) is 11.7. The van der Waals surface area contributed by atoms with Gasteiger partial charge in [0, 0.05) is 53.7 Å². The van der Waals surface area contributed by atoms with Crippen LogP contribution in [-0.2, 0) is 7.05 Å². The Morgan fingerprint density at radius 2 is 1.93 bits per heavy atom. The minimum absolute atomic E-state index is 0.348. The molecule has 0 radical (unpaired) electrons. The molecule has 2 atom stereocenters. The molecule has 5 rings (SSSR count). The molecule has 0 aliphatic heterocycles. The minimum Gasteiger partial charge on any atom is -0.314 e. The van der Waals surface area contributed by atoms with Crippen molar-refractivity contribution in [2.75, 3.05) is 0 Å². The van der Waals surface area contributed by atoms with Crippen LogP contribution in [0.2, 0.25) is 5.02 Å². The average molecular weight is 377 g/mol. The van der Waals surface area contributed by atoms with E-state index < -0.39 is 0 Å². The van der Waals surface area contributed by atoms with E-state index in [-0.39, 0.29) is 0 Å². The van der Waals surface area contributed by atoms with Crippen molar-refractivity contribution in [3.05, 3.63) is 77.9 Å². The lowest BCUT2D eigenvalue weighted by atomic mass is 10.2. The third-order valence-corrected chi connectivity index (χ3v) is 5.29. The highest BCUT2D eigenvalue weighted by Crippen LogP contribution is 2.53. The van der Waals surface area contributed by atoms with Gasteiger partial charge < -0.3 is 9.13 Å². The minimum atomic E-state index is 0.348. The molecule has 0 bridgehead atoms. The summed E-state index contributed by atoms with van der Waals surface area (Å²) in [5, 5.41) is 9.55. The van der Waals surface area contributed by atoms with E-state index in [2.05, 4.69) is 30.9 Å². The first-order chi connectivity index (χ1) is 13.2. The van der Waals surface area contributed by atoms with Gasteiger partial charge in [-0.25, -0.2) is 4.98 Å². The third-order valence-electron chi connectivity index (χ3n) is 5.06. The Labute approximate surface area is 161 Å². The summed E-state index contributed by atoms with van der Waals surface area (Å²) in [7, 11) is 2.02. The second kappa shape index (κ2) is 6.32. The second-order valence-electron chi connectivity index (χ2n) is 6.81. The number of rotatable bonds is 4. The number of nitrogens with zero attached hydrogens (tertiary/aromatic N) is 6. The largest absolute Gasteiger partial charge is 0.314 e. The van der Waals surface area contributed by atoms with Gasteiger partial charge in [0.05, 0.1) is 12.0 Å². The van der Waals surface area contributed by atoms with Crippen molar-refractivity contribution >= 4 is 11.6 Å². The molecule has 27 heavy (non-hydrogen) atoms. The van der Waals surface area contributed by atoms with Crippen molar-refractivity contribution in [3.63, 3.8) is 0 Å². The molecule has 7 heteroatoms. The number of hydrogen-bond donors (Lipinski definition) is 0. The number of benzene rings is 1. The van der Waals surface area contributed by atoms with Crippen molar-refractivity contribution in [2.24, 2.45) is 7.05 Å². The molecule has 0 saturated heterocycles. The Morgan fingerprint density at radius 1 is 1.07 bits per heavy atom. The molecular formula is C20H17ClN6. The Hall–Kier alpha value is -2.99. The fourth-order valence-electron chi connectivity index (χ4n) is 3.53. The zero-order chi connectivity index (χ0) is 18.4. The molecule has 0 amide bonds. The first kappa shape index (κ1) is 16.2. The number of aromatic nitrogens is 6. The topological polar surface area (TPSA) is 61.4 Å². The summed E-state index contributed by atoms with van der Waals surface area (Å²) in [5.74, 6) is 2.59. The Balaban J connectivity index is 1.38. The standard InChI is InChI=1S/C20H17ClN6/c1-26-19(13-5-7-22-8-6-13)24-25-20(26)17-10-16(17)18-11-27(12-23-18)15-4-2-3-14(21)9-15/h2-9,11-12,16-17H,10H2,1H3. The van der Waals surface area contributed by atoms with Crippen molar-refractivity contribution in [3.8, 4) is 17.1 Å². The van der Waals surface area contributed by atoms with Gasteiger partial charge in [-0.15, -0.1) is 10.2 Å². The average Bonchev–Trinajstić information content (AvgIpc) is 3.14. The molecule has 134 valence electrons. The predicted molar refractivity (Wildman–Crippen MR) is 103 cm³/mol. The maximum Gasteiger partial charge on any atom is 0.163 e. The summed E-state index contributed by atoms with van der Waals surface area (Å²) < 4.78 is 4.09. The van der Waals surface area contributed by atoms with E-state index in [9.17, 15) is 0 Å². The van der Waals surface area contributed by atoms with Crippen LogP contribution in [0.4, 0.5) is 0 Å². The monoisotopic (exact) mass is 376 g/mol. The van der Waals surface area contributed by atoms with Crippen LogP contribution in [-0.4, -0.2) is 29.3 Å². The van der Waals surface area contributed by atoms with Crippen LogP contribution in [0.15, 0.2) is 61.3 Å². The molecule has 6 nitrogen and oxygen atoms in total. The second-order valence-corrected chi connectivity index (χ2v) is 7.25. The maximum atomic E-state index is 6.09. The van der Waals surface area contributed by atoms with Crippen molar-refractivity contribution in [1.29, 1.82) is 0 Å². The molecule has 1 aliphatic carbocycles. The SMILES string of the molecule is Cn1c(-c2ccncc2)nnc1C1CC1c1cn(-c2cccc(Cl)c2)cn1. The Morgan fingerprint density at radius 3 is 2.74 bits per heavy atom. The van der Waals surface area contributed by atoms with Crippen LogP contribution in [0.25, 0.3) is 17.1 Å². The zero-order valence-corrected chi connectivity index (χ0v) is 15.5. The molecule has 1 saturated carbocycles. The highest BCUT2D eigenvalue weighted by Gasteiger charge is 2.44. The fraction of sp³-hybridized carbons (Fsp3) is 0.200. The van der Waals surface area contributed by atoms with Gasteiger partial charge in [0.25, 0.3) is 0 Å². The van der Waals surface area contributed by atoms with E-state index in [4.69, 9.17) is 11.6 Å². The van der Waals surface area contributed by atoms with Gasteiger partial charge in [0.15, 0.2) is 5.82 Å². The van der Waals surface area contributed by atoms with Crippen molar-refractivity contribution in [2.45, 2.75) is 18.3 Å². The van der Waals surface area contributed by atoms with Gasteiger partial charge in [-0.2, -0.15) is 0 Å². The van der Waals surface area contributed by atoms with Crippen LogP contribution < -0.4 is 0 Å². The predicted octanol–water partition coefficient (Wildman–Crippen LogP) is 3.99. The quantitative estimate of drug-likeness (QED) is 0.540. The first-order valence-electron chi connectivity index (χ1n) is 8.80. The first-order valence-corrected chi connectivity index (χ1v) is 9.18. The van der Waals surface area contributed by atoms with E-state index in [0.717, 1.165) is 40.0 Å². The van der Waals surface area contributed by atoms with Crippen molar-refractivity contribution < 1.29 is 0 Å². The van der Waals surface area contributed by atoms with Gasteiger partial charge in [-0.3, -0.25) is 4.98 Å². The summed E-state index contributed by atoms with van der Waals surface area (Å²) in [4.78, 5) is 8.67. The van der Waals surface area contributed by atoms with Gasteiger partial charge in [-0.1, -0.05) is 17.7 Å². The molecule has 1 aliphatic rings. The maximum absolute atomic E-state index is 6.09. The third kappa shape index (κ3) is 2.92. The zero-order valence-electron chi connectivity index (χ0n) is 14.7. The molecule has 0 spiro atoms. The summed E-state index contributed by atoms with van der Waals surface area (Å²) in [6.45, 7) is 0. The lowest BCUT2D eigenvalue weighted by Gasteiger charge is -2.03. The van der Waals surface area contributed by atoms with Crippen molar-refractivity contribution in [1.82, 2.24) is 29.3 Å². The molecular weight excluding hydrogens is 360 g/mol. The van der Waals surface area contributed by atoms with Crippen LogP contribution in [0.3, 0.4) is 0 Å². The van der Waals surface area contributed by atoms with Crippen LogP contribution in [0.1, 0.15) is 29.8 Å². The summed E-state index contributed by atoms with van der Waals surface area (Å²) in [6.07, 6.45) is 8.50. The van der Waals surface area contributed by atoms with Gasteiger partial charge in [-0.05, 0) is 36.8 Å². The van der Waals surface area contributed by atoms with E-state index in [1.54, 1.807) is 12.4 Å². The smallest absolute Gasteiger partial charge is 0.163 e. The summed E-state index contributed by atoms with van der Waals surface area (Å²) >= 11 is 6.09. The molecule has 1 aromatic carbocycles. The normalized spacial score (nSPS) is 18.6. The Bertz CT molecular complexity index is 1100. The van der Waals surface area contributed by atoms with E-state index in [0.29, 0.717) is 11.8 Å². The van der Waals surface area contributed by atoms with Gasteiger partial charge >= 0.3 is 0 Å². The molecule has 0 N–H and O–H groups in total. The lowest BCUT2D eigenvalue weighted by molar-refractivity contribution is 0.785. The highest BCUT2D eigenvalue weighted by atomic mass is 35.5. The highest BCUT2D eigenvalue weighted by molar-refractivity contribution is 6.30. The molecule has 1 fully saturated rings. The van der Waals surface area contributed by atoms with E-state index in [1.807, 2.05) is 54.3 Å². The number of imidazole rings is 1. The molecule has 3 heterocycles. The number of hydrogen-bond acceptors (Lipinski definition) is 4. The van der Waals surface area contributed by atoms with Gasteiger partial charge in [0.2, 0.25) is 0 Å². The van der Waals surface area contributed by atoms with Crippen LogP contribution in [0.5, 0.6) is 0 Å². The van der Waals surface area contributed by atoms with E-state index in [1.165, 1.54) is 0 Å². The van der Waals surface area contributed by atoms with Crippen LogP contribution in [0, 0.1) is 0 Å². The van der Waals surface area contributed by atoms with Gasteiger partial charge in [0.1, 0.15) is 5.82 Å². The van der Waals surface area contributed by atoms with Crippen LogP contribution >= 0.6 is 11.6 Å². The number of halogens is 1. The lowest BCUT2D eigenvalue weighted by Crippen LogP contribution is -1.99.